The molecule has 1 unspecified atom stereocenters. The summed E-state index contributed by atoms with van der Waals surface area (Å²) in [6.45, 7) is 5.04. The summed E-state index contributed by atoms with van der Waals surface area (Å²) in [5, 5.41) is 2.86. The Bertz CT molecular complexity index is 409. The van der Waals surface area contributed by atoms with Crippen LogP contribution in [0.2, 0.25) is 0 Å². The monoisotopic (exact) mass is 305 g/mol. The van der Waals surface area contributed by atoms with Gasteiger partial charge in [0.15, 0.2) is 0 Å². The quantitative estimate of drug-likeness (QED) is 0.725. The van der Waals surface area contributed by atoms with Crippen molar-refractivity contribution < 1.29 is 13.2 Å². The lowest BCUT2D eigenvalue weighted by Crippen LogP contribution is -2.41. The molecule has 0 radical (unpaired) electrons. The van der Waals surface area contributed by atoms with Gasteiger partial charge in [-0.25, -0.2) is 12.7 Å². The minimum absolute atomic E-state index is 0.0131. The van der Waals surface area contributed by atoms with Crippen molar-refractivity contribution in [2.75, 3.05) is 46.0 Å². The number of sulfonamides is 1. The molecule has 0 aromatic heterocycles. The molecular formula is C13H27N3O3S. The van der Waals surface area contributed by atoms with Crippen LogP contribution in [0.4, 0.5) is 0 Å². The van der Waals surface area contributed by atoms with Gasteiger partial charge in [-0.15, -0.1) is 0 Å². The highest BCUT2D eigenvalue weighted by Crippen LogP contribution is 2.16. The second-order valence-corrected chi connectivity index (χ2v) is 8.00. The summed E-state index contributed by atoms with van der Waals surface area (Å²) in [6.07, 6.45) is 2.91. The third kappa shape index (κ3) is 6.19. The molecule has 1 atom stereocenters. The molecule has 0 aromatic carbocycles. The molecule has 1 N–H and O–H groups in total. The number of likely N-dealkylation sites (tertiary alicyclic amines) is 1. The molecule has 1 fully saturated rings. The Balaban J connectivity index is 2.28. The first-order valence-electron chi connectivity index (χ1n) is 7.18. The maximum absolute atomic E-state index is 11.7. The van der Waals surface area contributed by atoms with Crippen molar-refractivity contribution in [2.45, 2.75) is 26.2 Å². The van der Waals surface area contributed by atoms with Gasteiger partial charge in [-0.05, 0) is 38.3 Å². The van der Waals surface area contributed by atoms with Gasteiger partial charge in [-0.1, -0.05) is 0 Å². The molecule has 1 aliphatic rings. The second kappa shape index (κ2) is 7.95. The van der Waals surface area contributed by atoms with E-state index in [1.54, 1.807) is 14.1 Å². The summed E-state index contributed by atoms with van der Waals surface area (Å²) in [5.74, 6) is 0.699. The number of carbonyl (C=O) groups excluding carboxylic acids is 1. The van der Waals surface area contributed by atoms with Gasteiger partial charge in [-0.3, -0.25) is 4.79 Å². The Kier molecular flexibility index (Phi) is 6.91. The summed E-state index contributed by atoms with van der Waals surface area (Å²) in [4.78, 5) is 13.2. The molecule has 0 aliphatic carbocycles. The van der Waals surface area contributed by atoms with Crippen LogP contribution >= 0.6 is 0 Å². The van der Waals surface area contributed by atoms with E-state index in [0.29, 0.717) is 12.3 Å². The van der Waals surface area contributed by atoms with Crippen molar-refractivity contribution in [1.82, 2.24) is 14.5 Å². The van der Waals surface area contributed by atoms with Crippen LogP contribution in [-0.4, -0.2) is 69.6 Å². The molecule has 6 nitrogen and oxygen atoms in total. The molecule has 0 spiro atoms. The van der Waals surface area contributed by atoms with Crippen molar-refractivity contribution in [3.05, 3.63) is 0 Å². The minimum atomic E-state index is -3.08. The lowest BCUT2D eigenvalue weighted by atomic mass is 9.98. The first-order chi connectivity index (χ1) is 9.31. The lowest BCUT2D eigenvalue weighted by molar-refractivity contribution is -0.119. The SMILES string of the molecule is CC(=O)NCC1CCCN(CCCS(=O)(=O)N(C)C)C1. The van der Waals surface area contributed by atoms with Crippen molar-refractivity contribution in [3.8, 4) is 0 Å². The normalized spacial score (nSPS) is 21.1. The van der Waals surface area contributed by atoms with Crippen LogP contribution in [0, 0.1) is 5.92 Å². The van der Waals surface area contributed by atoms with Crippen LogP contribution in [0.25, 0.3) is 0 Å². The van der Waals surface area contributed by atoms with Gasteiger partial charge in [0.1, 0.15) is 0 Å². The molecule has 1 rings (SSSR count). The number of hydrogen-bond donors (Lipinski definition) is 1. The molecule has 1 heterocycles. The molecule has 0 saturated carbocycles. The van der Waals surface area contributed by atoms with Gasteiger partial charge in [0.25, 0.3) is 0 Å². The third-order valence-corrected chi connectivity index (χ3v) is 5.59. The zero-order chi connectivity index (χ0) is 15.2. The molecule has 1 saturated heterocycles. The molecule has 1 amide bonds. The standard InChI is InChI=1S/C13H27N3O3S/c1-12(17)14-10-13-6-4-7-16(11-13)8-5-9-20(18,19)15(2)3/h13H,4-11H2,1-3H3,(H,14,17). The van der Waals surface area contributed by atoms with Crippen molar-refractivity contribution in [2.24, 2.45) is 5.92 Å². The van der Waals surface area contributed by atoms with Crippen LogP contribution in [-0.2, 0) is 14.8 Å². The van der Waals surface area contributed by atoms with Gasteiger partial charge < -0.3 is 10.2 Å². The van der Waals surface area contributed by atoms with E-state index in [4.69, 9.17) is 0 Å². The van der Waals surface area contributed by atoms with Crippen molar-refractivity contribution in [1.29, 1.82) is 0 Å². The van der Waals surface area contributed by atoms with Crippen molar-refractivity contribution in [3.63, 3.8) is 0 Å². The number of carbonyl (C=O) groups is 1. The number of amides is 1. The lowest BCUT2D eigenvalue weighted by Gasteiger charge is -2.32. The zero-order valence-electron chi connectivity index (χ0n) is 12.8. The highest BCUT2D eigenvalue weighted by atomic mass is 32.2. The number of nitrogens with zero attached hydrogens (tertiary/aromatic N) is 2. The van der Waals surface area contributed by atoms with Crippen LogP contribution in [0.1, 0.15) is 26.2 Å². The Morgan fingerprint density at radius 1 is 1.40 bits per heavy atom. The highest BCUT2D eigenvalue weighted by Gasteiger charge is 2.20. The van der Waals surface area contributed by atoms with E-state index in [1.807, 2.05) is 0 Å². The average Bonchev–Trinajstić information content (AvgIpc) is 2.36. The molecule has 20 heavy (non-hydrogen) atoms. The van der Waals surface area contributed by atoms with Crippen LogP contribution in [0.3, 0.4) is 0 Å². The summed E-state index contributed by atoms with van der Waals surface area (Å²) in [5.41, 5.74) is 0. The summed E-state index contributed by atoms with van der Waals surface area (Å²) in [7, 11) is 0.0539. The Morgan fingerprint density at radius 3 is 2.70 bits per heavy atom. The predicted octanol–water partition coefficient (Wildman–Crippen LogP) is 0.116. The second-order valence-electron chi connectivity index (χ2n) is 5.70. The first kappa shape index (κ1) is 17.4. The Labute approximate surface area is 122 Å². The van der Waals surface area contributed by atoms with Crippen LogP contribution < -0.4 is 5.32 Å². The first-order valence-corrected chi connectivity index (χ1v) is 8.79. The predicted molar refractivity (Wildman–Crippen MR) is 79.9 cm³/mol. The smallest absolute Gasteiger partial charge is 0.216 e. The summed E-state index contributed by atoms with van der Waals surface area (Å²) >= 11 is 0. The van der Waals surface area contributed by atoms with E-state index in [-0.39, 0.29) is 11.7 Å². The van der Waals surface area contributed by atoms with E-state index in [0.717, 1.165) is 39.0 Å². The van der Waals surface area contributed by atoms with Crippen LogP contribution in [0.15, 0.2) is 0 Å². The fourth-order valence-corrected chi connectivity index (χ4v) is 3.32. The molecule has 0 aromatic rings. The molecule has 1 aliphatic heterocycles. The molecule has 7 heteroatoms. The fraction of sp³-hybridized carbons (Fsp3) is 0.923. The topological polar surface area (TPSA) is 69.7 Å². The van der Waals surface area contributed by atoms with Crippen molar-refractivity contribution >= 4 is 15.9 Å². The number of nitrogens with one attached hydrogen (secondary N) is 1. The van der Waals surface area contributed by atoms with Gasteiger partial charge in [0.05, 0.1) is 5.75 Å². The fourth-order valence-electron chi connectivity index (χ4n) is 2.46. The minimum Gasteiger partial charge on any atom is -0.356 e. The van der Waals surface area contributed by atoms with Gasteiger partial charge in [-0.2, -0.15) is 0 Å². The molecule has 0 bridgehead atoms. The van der Waals surface area contributed by atoms with E-state index < -0.39 is 10.0 Å². The largest absolute Gasteiger partial charge is 0.356 e. The van der Waals surface area contributed by atoms with Gasteiger partial charge in [0, 0.05) is 34.1 Å². The summed E-state index contributed by atoms with van der Waals surface area (Å²) < 4.78 is 24.6. The van der Waals surface area contributed by atoms with E-state index in [9.17, 15) is 13.2 Å². The maximum Gasteiger partial charge on any atom is 0.216 e. The van der Waals surface area contributed by atoms with Crippen LogP contribution in [0.5, 0.6) is 0 Å². The maximum atomic E-state index is 11.7. The highest BCUT2D eigenvalue weighted by molar-refractivity contribution is 7.89. The molecule has 118 valence electrons. The Hall–Kier alpha value is -0.660. The number of rotatable bonds is 7. The average molecular weight is 305 g/mol. The van der Waals surface area contributed by atoms with Gasteiger partial charge >= 0.3 is 0 Å². The number of hydrogen-bond acceptors (Lipinski definition) is 4. The number of piperidine rings is 1. The molecular weight excluding hydrogens is 278 g/mol. The van der Waals surface area contributed by atoms with E-state index >= 15 is 0 Å². The zero-order valence-corrected chi connectivity index (χ0v) is 13.6. The third-order valence-electron chi connectivity index (χ3n) is 3.68. The van der Waals surface area contributed by atoms with E-state index in [2.05, 4.69) is 10.2 Å². The van der Waals surface area contributed by atoms with E-state index in [1.165, 1.54) is 11.2 Å². The summed E-state index contributed by atoms with van der Waals surface area (Å²) in [6, 6.07) is 0. The van der Waals surface area contributed by atoms with Gasteiger partial charge in [0.2, 0.25) is 15.9 Å². The Morgan fingerprint density at radius 2 is 2.10 bits per heavy atom.